The fourth-order valence-electron chi connectivity index (χ4n) is 1.61. The molecule has 1 N–H and O–H groups in total. The molecule has 0 aliphatic carbocycles. The van der Waals surface area contributed by atoms with Gasteiger partial charge in [-0.25, -0.2) is 0 Å². The minimum Gasteiger partial charge on any atom is -0.316 e. The summed E-state index contributed by atoms with van der Waals surface area (Å²) in [5.74, 6) is 0. The lowest BCUT2D eigenvalue weighted by molar-refractivity contribution is 0.816. The highest BCUT2D eigenvalue weighted by molar-refractivity contribution is 9.10. The molecule has 0 aliphatic heterocycles. The van der Waals surface area contributed by atoms with Crippen LogP contribution >= 0.6 is 28.3 Å². The van der Waals surface area contributed by atoms with E-state index in [1.807, 2.05) is 7.05 Å². The summed E-state index contributed by atoms with van der Waals surface area (Å²) in [5, 5.41) is 5.71. The van der Waals surface area contributed by atoms with Crippen LogP contribution in [0, 0.1) is 0 Å². The zero-order valence-corrected chi connectivity index (χ0v) is 10.9. The maximum absolute atomic E-state index is 3.64. The summed E-state index contributed by atoms with van der Waals surface area (Å²) in [4.78, 5) is 0. The summed E-state index contributed by atoms with van der Waals surface area (Å²) in [6.45, 7) is 0.894. The summed E-state index contributed by atoms with van der Waals surface area (Å²) in [5.41, 5.74) is 1.30. The minimum absolute atomic E-state index is 0. The first kappa shape index (κ1) is 12.5. The van der Waals surface area contributed by atoms with Gasteiger partial charge in [-0.2, -0.15) is 0 Å². The number of fused-ring (bicyclic) bond motifs is 1. The van der Waals surface area contributed by atoms with E-state index in [1.54, 1.807) is 0 Å². The Kier molecular flexibility index (Phi) is 4.58. The van der Waals surface area contributed by atoms with Crippen LogP contribution in [0.3, 0.4) is 0 Å². The molecule has 0 atom stereocenters. The molecule has 0 spiro atoms. The van der Waals surface area contributed by atoms with Crippen molar-refractivity contribution in [1.82, 2.24) is 5.32 Å². The van der Waals surface area contributed by atoms with E-state index in [2.05, 4.69) is 57.6 Å². The molecule has 3 heteroatoms. The van der Waals surface area contributed by atoms with E-state index >= 15 is 0 Å². The first-order valence-corrected chi connectivity index (χ1v) is 5.43. The van der Waals surface area contributed by atoms with Crippen LogP contribution in [0.2, 0.25) is 0 Å². The van der Waals surface area contributed by atoms with Crippen LogP contribution < -0.4 is 5.32 Å². The number of benzene rings is 2. The van der Waals surface area contributed by atoms with Crippen molar-refractivity contribution in [1.29, 1.82) is 0 Å². The largest absolute Gasteiger partial charge is 0.316 e. The Morgan fingerprint density at radius 2 is 1.87 bits per heavy atom. The van der Waals surface area contributed by atoms with Crippen LogP contribution in [0.1, 0.15) is 5.56 Å². The second kappa shape index (κ2) is 5.50. The summed E-state index contributed by atoms with van der Waals surface area (Å²) >= 11 is 3.64. The molecule has 0 heterocycles. The molecule has 0 saturated heterocycles. The summed E-state index contributed by atoms with van der Waals surface area (Å²) in [7, 11) is 1.96. The van der Waals surface area contributed by atoms with Crippen molar-refractivity contribution in [3.05, 3.63) is 46.4 Å². The minimum atomic E-state index is 0. The molecule has 1 nitrogen and oxygen atoms in total. The number of hydrogen-bond donors (Lipinski definition) is 1. The highest BCUT2D eigenvalue weighted by Gasteiger charge is 2.02. The Hall–Kier alpha value is -0.570. The van der Waals surface area contributed by atoms with E-state index in [9.17, 15) is 0 Å². The molecule has 80 valence electrons. The van der Waals surface area contributed by atoms with E-state index in [-0.39, 0.29) is 12.4 Å². The number of halogens is 2. The molecule has 0 radical (unpaired) electrons. The van der Waals surface area contributed by atoms with E-state index in [0.29, 0.717) is 0 Å². The van der Waals surface area contributed by atoms with Crippen LogP contribution in [0.5, 0.6) is 0 Å². The maximum atomic E-state index is 3.64. The van der Waals surface area contributed by atoms with Crippen molar-refractivity contribution < 1.29 is 0 Å². The standard InChI is InChI=1S/C12H12BrN.ClH/c1-14-8-10-7-6-9-4-2-3-5-11(9)12(10)13;/h2-7,14H,8H2,1H3;1H. The average molecular weight is 287 g/mol. The van der Waals surface area contributed by atoms with Crippen LogP contribution in [0.15, 0.2) is 40.9 Å². The molecular formula is C12H13BrClN. The summed E-state index contributed by atoms with van der Waals surface area (Å²) < 4.78 is 1.20. The first-order chi connectivity index (χ1) is 6.83. The zero-order chi connectivity index (χ0) is 9.97. The van der Waals surface area contributed by atoms with Gasteiger partial charge in [0.15, 0.2) is 0 Å². The number of nitrogens with one attached hydrogen (secondary N) is 1. The van der Waals surface area contributed by atoms with Crippen molar-refractivity contribution in [2.45, 2.75) is 6.54 Å². The fraction of sp³-hybridized carbons (Fsp3) is 0.167. The molecule has 0 aromatic heterocycles. The van der Waals surface area contributed by atoms with Gasteiger partial charge in [-0.1, -0.05) is 36.4 Å². The predicted molar refractivity (Wildman–Crippen MR) is 71.7 cm³/mol. The Bertz CT molecular complexity index is 456. The first-order valence-electron chi connectivity index (χ1n) is 4.63. The molecule has 0 saturated carbocycles. The number of rotatable bonds is 2. The average Bonchev–Trinajstić information content (AvgIpc) is 2.23. The molecule has 2 aromatic rings. The van der Waals surface area contributed by atoms with Gasteiger partial charge in [-0.15, -0.1) is 12.4 Å². The van der Waals surface area contributed by atoms with E-state index in [4.69, 9.17) is 0 Å². The van der Waals surface area contributed by atoms with Gasteiger partial charge in [0.05, 0.1) is 0 Å². The quantitative estimate of drug-likeness (QED) is 0.887. The second-order valence-electron chi connectivity index (χ2n) is 3.29. The van der Waals surface area contributed by atoms with Gasteiger partial charge in [0.1, 0.15) is 0 Å². The molecule has 0 fully saturated rings. The molecule has 2 aromatic carbocycles. The fourth-order valence-corrected chi connectivity index (χ4v) is 2.24. The van der Waals surface area contributed by atoms with Gasteiger partial charge in [-0.05, 0) is 39.3 Å². The van der Waals surface area contributed by atoms with Gasteiger partial charge in [-0.3, -0.25) is 0 Å². The lowest BCUT2D eigenvalue weighted by Gasteiger charge is -2.07. The smallest absolute Gasteiger partial charge is 0.0298 e. The van der Waals surface area contributed by atoms with Crippen molar-refractivity contribution in [3.63, 3.8) is 0 Å². The van der Waals surface area contributed by atoms with Crippen LogP contribution in [0.4, 0.5) is 0 Å². The monoisotopic (exact) mass is 285 g/mol. The molecule has 0 amide bonds. The molecule has 0 bridgehead atoms. The van der Waals surface area contributed by atoms with Gasteiger partial charge in [0.2, 0.25) is 0 Å². The van der Waals surface area contributed by atoms with Crippen LogP contribution in [0.25, 0.3) is 10.8 Å². The van der Waals surface area contributed by atoms with E-state index in [1.165, 1.54) is 20.8 Å². The lowest BCUT2D eigenvalue weighted by Crippen LogP contribution is -2.05. The highest BCUT2D eigenvalue weighted by atomic mass is 79.9. The third-order valence-electron chi connectivity index (χ3n) is 2.31. The normalized spacial score (nSPS) is 10.0. The van der Waals surface area contributed by atoms with Gasteiger partial charge >= 0.3 is 0 Å². The Morgan fingerprint density at radius 1 is 1.13 bits per heavy atom. The third-order valence-corrected chi connectivity index (χ3v) is 3.25. The topological polar surface area (TPSA) is 12.0 Å². The molecule has 2 rings (SSSR count). The summed E-state index contributed by atoms with van der Waals surface area (Å²) in [6, 6.07) is 12.7. The SMILES string of the molecule is CNCc1ccc2ccccc2c1Br.Cl. The predicted octanol–water partition coefficient (Wildman–Crippen LogP) is 3.74. The molecular weight excluding hydrogens is 273 g/mol. The van der Waals surface area contributed by atoms with E-state index in [0.717, 1.165) is 6.54 Å². The van der Waals surface area contributed by atoms with Crippen molar-refractivity contribution >= 4 is 39.1 Å². The van der Waals surface area contributed by atoms with Crippen LogP contribution in [-0.4, -0.2) is 7.05 Å². The Morgan fingerprint density at radius 3 is 2.60 bits per heavy atom. The third kappa shape index (κ3) is 2.51. The van der Waals surface area contributed by atoms with Gasteiger partial charge < -0.3 is 5.32 Å². The summed E-state index contributed by atoms with van der Waals surface area (Å²) in [6.07, 6.45) is 0. The lowest BCUT2D eigenvalue weighted by atomic mass is 10.1. The molecule has 0 aliphatic rings. The number of hydrogen-bond acceptors (Lipinski definition) is 1. The molecule has 0 unspecified atom stereocenters. The second-order valence-corrected chi connectivity index (χ2v) is 4.08. The van der Waals surface area contributed by atoms with Crippen molar-refractivity contribution in [2.75, 3.05) is 7.05 Å². The van der Waals surface area contributed by atoms with Crippen molar-refractivity contribution in [2.24, 2.45) is 0 Å². The van der Waals surface area contributed by atoms with Crippen molar-refractivity contribution in [3.8, 4) is 0 Å². The van der Waals surface area contributed by atoms with Gasteiger partial charge in [0, 0.05) is 11.0 Å². The van der Waals surface area contributed by atoms with Gasteiger partial charge in [0.25, 0.3) is 0 Å². The molecule has 15 heavy (non-hydrogen) atoms. The Balaban J connectivity index is 0.00000112. The zero-order valence-electron chi connectivity index (χ0n) is 8.46. The van der Waals surface area contributed by atoms with Crippen LogP contribution in [-0.2, 0) is 6.54 Å². The van der Waals surface area contributed by atoms with E-state index < -0.39 is 0 Å². The highest BCUT2D eigenvalue weighted by Crippen LogP contribution is 2.27. The maximum Gasteiger partial charge on any atom is 0.0298 e. The Labute approximate surface area is 104 Å².